The van der Waals surface area contributed by atoms with E-state index in [2.05, 4.69) is 30.6 Å². The highest BCUT2D eigenvalue weighted by atomic mass is 16.2. The minimum Gasteiger partial charge on any atom is -0.293 e. The Morgan fingerprint density at radius 1 is 1.10 bits per heavy atom. The molecule has 0 aromatic heterocycles. The summed E-state index contributed by atoms with van der Waals surface area (Å²) in [7, 11) is 0. The van der Waals surface area contributed by atoms with Crippen LogP contribution in [-0.2, 0) is 0 Å². The van der Waals surface area contributed by atoms with Gasteiger partial charge in [0.1, 0.15) is 0 Å². The Morgan fingerprint density at radius 2 is 1.62 bits per heavy atom. The molecule has 21 heavy (non-hydrogen) atoms. The fourth-order valence-corrected chi connectivity index (χ4v) is 2.38. The maximum atomic E-state index is 12.3. The van der Waals surface area contributed by atoms with Gasteiger partial charge in [-0.25, -0.2) is 0 Å². The van der Waals surface area contributed by atoms with Gasteiger partial charge in [-0.3, -0.25) is 19.4 Å². The second-order valence-electron chi connectivity index (χ2n) is 4.98. The number of rotatable bonds is 4. The van der Waals surface area contributed by atoms with Crippen molar-refractivity contribution in [3.8, 4) is 11.8 Å². The van der Waals surface area contributed by atoms with Gasteiger partial charge in [0.15, 0.2) is 0 Å². The van der Waals surface area contributed by atoms with Crippen LogP contribution in [0.2, 0.25) is 0 Å². The lowest BCUT2D eigenvalue weighted by Crippen LogP contribution is -2.37. The van der Waals surface area contributed by atoms with Crippen molar-refractivity contribution >= 4 is 11.8 Å². The minimum absolute atomic E-state index is 0.250. The summed E-state index contributed by atoms with van der Waals surface area (Å²) in [4.78, 5) is 28.0. The molecule has 0 saturated heterocycles. The molecule has 1 aromatic carbocycles. The van der Waals surface area contributed by atoms with Gasteiger partial charge in [0.05, 0.1) is 23.7 Å². The summed E-state index contributed by atoms with van der Waals surface area (Å²) in [5.41, 5.74) is 0.944. The number of hydrogen-bond donors (Lipinski definition) is 0. The molecular formula is C17H20N2O2. The predicted molar refractivity (Wildman–Crippen MR) is 82.0 cm³/mol. The first kappa shape index (κ1) is 15.3. The summed E-state index contributed by atoms with van der Waals surface area (Å²) < 4.78 is 0. The summed E-state index contributed by atoms with van der Waals surface area (Å²) in [6.45, 7) is 8.48. The molecule has 2 rings (SSSR count). The quantitative estimate of drug-likeness (QED) is 0.627. The van der Waals surface area contributed by atoms with E-state index in [-0.39, 0.29) is 11.8 Å². The molecule has 1 atom stereocenters. The minimum atomic E-state index is -0.409. The summed E-state index contributed by atoms with van der Waals surface area (Å²) in [5.74, 6) is 5.57. The van der Waals surface area contributed by atoms with Crippen LogP contribution in [0.15, 0.2) is 24.3 Å². The summed E-state index contributed by atoms with van der Waals surface area (Å²) >= 11 is 0. The zero-order valence-electron chi connectivity index (χ0n) is 12.7. The van der Waals surface area contributed by atoms with E-state index in [0.717, 1.165) is 13.1 Å². The van der Waals surface area contributed by atoms with Crippen molar-refractivity contribution in [2.45, 2.75) is 26.8 Å². The van der Waals surface area contributed by atoms with Crippen LogP contribution >= 0.6 is 0 Å². The van der Waals surface area contributed by atoms with Gasteiger partial charge >= 0.3 is 0 Å². The molecule has 4 nitrogen and oxygen atoms in total. The van der Waals surface area contributed by atoms with Crippen LogP contribution in [0.1, 0.15) is 41.5 Å². The first-order valence-electron chi connectivity index (χ1n) is 7.27. The molecule has 0 saturated carbocycles. The third-order valence-corrected chi connectivity index (χ3v) is 3.72. The fourth-order valence-electron chi connectivity index (χ4n) is 2.38. The fraction of sp³-hybridized carbons (Fsp3) is 0.412. The Kier molecular flexibility index (Phi) is 4.77. The lowest BCUT2D eigenvalue weighted by Gasteiger charge is -2.18. The van der Waals surface area contributed by atoms with E-state index >= 15 is 0 Å². The number of imide groups is 1. The monoisotopic (exact) mass is 284 g/mol. The topological polar surface area (TPSA) is 40.6 Å². The van der Waals surface area contributed by atoms with Crippen LogP contribution in [0.5, 0.6) is 0 Å². The number of carbonyl (C=O) groups is 2. The molecule has 0 bridgehead atoms. The zero-order valence-corrected chi connectivity index (χ0v) is 12.7. The van der Waals surface area contributed by atoms with E-state index in [1.54, 1.807) is 31.2 Å². The van der Waals surface area contributed by atoms with Crippen LogP contribution < -0.4 is 0 Å². The normalized spacial score (nSPS) is 15.0. The first-order chi connectivity index (χ1) is 10.1. The van der Waals surface area contributed by atoms with Gasteiger partial charge in [-0.1, -0.05) is 37.8 Å². The van der Waals surface area contributed by atoms with Crippen LogP contribution in [-0.4, -0.2) is 47.3 Å². The average Bonchev–Trinajstić information content (AvgIpc) is 2.76. The van der Waals surface area contributed by atoms with Crippen molar-refractivity contribution in [1.82, 2.24) is 9.80 Å². The molecule has 0 fully saturated rings. The SMILES string of the molecule is CCN(CC)CC#CC(C)N1C(=O)c2ccccc2C1=O. The molecule has 1 aromatic rings. The lowest BCUT2D eigenvalue weighted by molar-refractivity contribution is 0.0630. The Hall–Kier alpha value is -2.12. The number of benzene rings is 1. The van der Waals surface area contributed by atoms with Crippen LogP contribution in [0.4, 0.5) is 0 Å². The molecule has 0 aliphatic carbocycles. The molecule has 4 heteroatoms. The Morgan fingerprint density at radius 3 is 2.10 bits per heavy atom. The van der Waals surface area contributed by atoms with Crippen LogP contribution in [0.25, 0.3) is 0 Å². The average molecular weight is 284 g/mol. The molecule has 1 aliphatic heterocycles. The van der Waals surface area contributed by atoms with Gasteiger partial charge < -0.3 is 0 Å². The maximum absolute atomic E-state index is 12.3. The van der Waals surface area contributed by atoms with Gasteiger partial charge in [0.2, 0.25) is 0 Å². The maximum Gasteiger partial charge on any atom is 0.262 e. The molecule has 110 valence electrons. The number of amides is 2. The molecule has 2 amide bonds. The van der Waals surface area contributed by atoms with E-state index < -0.39 is 6.04 Å². The van der Waals surface area contributed by atoms with Gasteiger partial charge in [0, 0.05) is 0 Å². The van der Waals surface area contributed by atoms with E-state index in [1.165, 1.54) is 4.90 Å². The Labute approximate surface area is 125 Å². The van der Waals surface area contributed by atoms with Crippen molar-refractivity contribution in [1.29, 1.82) is 0 Å². The highest BCUT2D eigenvalue weighted by Gasteiger charge is 2.37. The molecule has 1 unspecified atom stereocenters. The Bertz CT molecular complexity index is 574. The van der Waals surface area contributed by atoms with Crippen molar-refractivity contribution in [3.63, 3.8) is 0 Å². The number of nitrogens with zero attached hydrogens (tertiary/aromatic N) is 2. The summed E-state index contributed by atoms with van der Waals surface area (Å²) in [6, 6.07) is 6.50. The highest BCUT2D eigenvalue weighted by molar-refractivity contribution is 6.21. The molecule has 1 heterocycles. The number of carbonyl (C=O) groups excluding carboxylic acids is 2. The van der Waals surface area contributed by atoms with Crippen LogP contribution in [0, 0.1) is 11.8 Å². The molecule has 1 aliphatic rings. The van der Waals surface area contributed by atoms with Gasteiger partial charge in [-0.05, 0) is 32.1 Å². The van der Waals surface area contributed by atoms with Gasteiger partial charge in [-0.2, -0.15) is 0 Å². The summed E-state index contributed by atoms with van der Waals surface area (Å²) in [5, 5.41) is 0. The molecule has 0 radical (unpaired) electrons. The number of fused-ring (bicyclic) bond motifs is 1. The zero-order chi connectivity index (χ0) is 15.4. The second kappa shape index (κ2) is 6.55. The smallest absolute Gasteiger partial charge is 0.262 e. The third-order valence-electron chi connectivity index (χ3n) is 3.72. The Balaban J connectivity index is 2.12. The van der Waals surface area contributed by atoms with Crippen molar-refractivity contribution in [3.05, 3.63) is 35.4 Å². The van der Waals surface area contributed by atoms with E-state index in [0.29, 0.717) is 17.7 Å². The van der Waals surface area contributed by atoms with Crippen molar-refractivity contribution in [2.24, 2.45) is 0 Å². The van der Waals surface area contributed by atoms with E-state index in [9.17, 15) is 9.59 Å². The standard InChI is InChI=1S/C17H20N2O2/c1-4-18(5-2)12-8-9-13(3)19-16(20)14-10-6-7-11-15(14)17(19)21/h6-7,10-11,13H,4-5,12H2,1-3H3. The lowest BCUT2D eigenvalue weighted by atomic mass is 10.1. The van der Waals surface area contributed by atoms with Gasteiger partial charge in [0.25, 0.3) is 11.8 Å². The summed E-state index contributed by atoms with van der Waals surface area (Å²) in [6.07, 6.45) is 0. The van der Waals surface area contributed by atoms with Crippen molar-refractivity contribution < 1.29 is 9.59 Å². The predicted octanol–water partition coefficient (Wildman–Crippen LogP) is 2.02. The van der Waals surface area contributed by atoms with Crippen LogP contribution in [0.3, 0.4) is 0 Å². The molecular weight excluding hydrogens is 264 g/mol. The second-order valence-corrected chi connectivity index (χ2v) is 4.98. The highest BCUT2D eigenvalue weighted by Crippen LogP contribution is 2.23. The molecule has 0 spiro atoms. The third kappa shape index (κ3) is 2.98. The first-order valence-corrected chi connectivity index (χ1v) is 7.27. The largest absolute Gasteiger partial charge is 0.293 e. The van der Waals surface area contributed by atoms with E-state index in [4.69, 9.17) is 0 Å². The number of hydrogen-bond acceptors (Lipinski definition) is 3. The van der Waals surface area contributed by atoms with Gasteiger partial charge in [-0.15, -0.1) is 0 Å². The molecule has 0 N–H and O–H groups in total. The van der Waals surface area contributed by atoms with E-state index in [1.807, 2.05) is 0 Å². The van der Waals surface area contributed by atoms with Crippen molar-refractivity contribution in [2.75, 3.05) is 19.6 Å².